The molecule has 0 saturated heterocycles. The quantitative estimate of drug-likeness (QED) is 0.824. The minimum absolute atomic E-state index is 0.0651. The molecule has 0 aromatic heterocycles. The van der Waals surface area contributed by atoms with Crippen molar-refractivity contribution in [1.29, 1.82) is 0 Å². The predicted octanol–water partition coefficient (Wildman–Crippen LogP) is 2.44. The van der Waals surface area contributed by atoms with Gasteiger partial charge in [-0.15, -0.1) is 0 Å². The molecule has 1 aromatic rings. The summed E-state index contributed by atoms with van der Waals surface area (Å²) in [7, 11) is 0. The number of hydrogen-bond acceptors (Lipinski definition) is 1. The highest BCUT2D eigenvalue weighted by molar-refractivity contribution is 14.1. The second kappa shape index (κ2) is 4.57. The molecule has 12 heavy (non-hydrogen) atoms. The summed E-state index contributed by atoms with van der Waals surface area (Å²) in [4.78, 5) is 0. The van der Waals surface area contributed by atoms with Gasteiger partial charge in [0.25, 0.3) is 0 Å². The maximum absolute atomic E-state index is 13.0. The second-order valence-electron chi connectivity index (χ2n) is 2.22. The molecule has 3 heteroatoms. The number of aliphatic hydroxyl groups is 1. The van der Waals surface area contributed by atoms with E-state index < -0.39 is 0 Å². The van der Waals surface area contributed by atoms with E-state index in [0.717, 1.165) is 3.57 Å². The molecule has 1 rings (SSSR count). The van der Waals surface area contributed by atoms with Gasteiger partial charge in [0.15, 0.2) is 0 Å². The SMILES string of the molecule is OCC=Cc1c(F)cccc1I. The molecule has 1 aromatic carbocycles. The van der Waals surface area contributed by atoms with Gasteiger partial charge in [-0.05, 0) is 34.7 Å². The number of halogens is 2. The predicted molar refractivity (Wildman–Crippen MR) is 55.2 cm³/mol. The smallest absolute Gasteiger partial charge is 0.131 e. The molecule has 0 aliphatic heterocycles. The largest absolute Gasteiger partial charge is 0.392 e. The molecule has 1 nitrogen and oxygen atoms in total. The third-order valence-electron chi connectivity index (χ3n) is 1.39. The fourth-order valence-corrected chi connectivity index (χ4v) is 1.49. The summed E-state index contributed by atoms with van der Waals surface area (Å²) >= 11 is 2.05. The van der Waals surface area contributed by atoms with E-state index in [0.29, 0.717) is 5.56 Å². The number of aliphatic hydroxyl groups excluding tert-OH is 1. The first-order valence-electron chi connectivity index (χ1n) is 3.47. The third-order valence-corrected chi connectivity index (χ3v) is 2.33. The molecule has 0 atom stereocenters. The van der Waals surface area contributed by atoms with Gasteiger partial charge in [-0.1, -0.05) is 18.2 Å². The summed E-state index contributed by atoms with van der Waals surface area (Å²) in [6.07, 6.45) is 3.09. The molecule has 0 unspecified atom stereocenters. The number of benzene rings is 1. The van der Waals surface area contributed by atoms with Gasteiger partial charge in [-0.3, -0.25) is 0 Å². The lowest BCUT2D eigenvalue weighted by atomic mass is 10.2. The Morgan fingerprint density at radius 2 is 2.25 bits per heavy atom. The van der Waals surface area contributed by atoms with Gasteiger partial charge in [-0.2, -0.15) is 0 Å². The second-order valence-corrected chi connectivity index (χ2v) is 3.38. The standard InChI is InChI=1S/C9H8FIO/c10-8-4-1-5-9(11)7(8)3-2-6-12/h1-5,12H,6H2. The Labute approximate surface area is 84.1 Å². The monoisotopic (exact) mass is 278 g/mol. The summed E-state index contributed by atoms with van der Waals surface area (Å²) in [6, 6.07) is 4.88. The average molecular weight is 278 g/mol. The van der Waals surface area contributed by atoms with Crippen LogP contribution in [0.25, 0.3) is 6.08 Å². The van der Waals surface area contributed by atoms with Gasteiger partial charge in [-0.25, -0.2) is 4.39 Å². The summed E-state index contributed by atoms with van der Waals surface area (Å²) in [6.45, 7) is -0.0651. The van der Waals surface area contributed by atoms with E-state index in [4.69, 9.17) is 5.11 Å². The zero-order chi connectivity index (χ0) is 8.97. The maximum Gasteiger partial charge on any atom is 0.131 e. The van der Waals surface area contributed by atoms with Gasteiger partial charge in [0.05, 0.1) is 6.61 Å². The summed E-state index contributed by atoms with van der Waals surface area (Å²) in [5, 5.41) is 8.50. The molecule has 0 bridgehead atoms. The van der Waals surface area contributed by atoms with Crippen molar-refractivity contribution in [2.24, 2.45) is 0 Å². The number of rotatable bonds is 2. The van der Waals surface area contributed by atoms with Crippen LogP contribution < -0.4 is 0 Å². The minimum Gasteiger partial charge on any atom is -0.392 e. The normalized spacial score (nSPS) is 10.9. The molecule has 0 aliphatic carbocycles. The van der Waals surface area contributed by atoms with E-state index in [-0.39, 0.29) is 12.4 Å². The van der Waals surface area contributed by atoms with Gasteiger partial charge in [0.2, 0.25) is 0 Å². The van der Waals surface area contributed by atoms with E-state index in [1.54, 1.807) is 12.1 Å². The van der Waals surface area contributed by atoms with Gasteiger partial charge < -0.3 is 5.11 Å². The zero-order valence-corrected chi connectivity index (χ0v) is 8.45. The third kappa shape index (κ3) is 2.28. The van der Waals surface area contributed by atoms with Crippen molar-refractivity contribution in [3.05, 3.63) is 39.2 Å². The Kier molecular flexibility index (Phi) is 3.68. The van der Waals surface area contributed by atoms with Crippen molar-refractivity contribution in [2.45, 2.75) is 0 Å². The Morgan fingerprint density at radius 3 is 2.83 bits per heavy atom. The van der Waals surface area contributed by atoms with Crippen LogP contribution in [0.3, 0.4) is 0 Å². The van der Waals surface area contributed by atoms with Gasteiger partial charge in [0.1, 0.15) is 5.82 Å². The van der Waals surface area contributed by atoms with Crippen LogP contribution in [0.5, 0.6) is 0 Å². The minimum atomic E-state index is -0.258. The van der Waals surface area contributed by atoms with Crippen LogP contribution in [0.2, 0.25) is 0 Å². The van der Waals surface area contributed by atoms with Crippen LogP contribution in [0.4, 0.5) is 4.39 Å². The topological polar surface area (TPSA) is 20.2 Å². The molecule has 0 saturated carbocycles. The van der Waals surface area contributed by atoms with Crippen molar-refractivity contribution < 1.29 is 9.50 Å². The molecular weight excluding hydrogens is 270 g/mol. The average Bonchev–Trinajstić information content (AvgIpc) is 2.04. The highest BCUT2D eigenvalue weighted by atomic mass is 127. The van der Waals surface area contributed by atoms with Crippen LogP contribution in [-0.4, -0.2) is 11.7 Å². The molecule has 0 spiro atoms. The summed E-state index contributed by atoms with van der Waals surface area (Å²) in [5.74, 6) is -0.258. The first-order chi connectivity index (χ1) is 5.75. The fourth-order valence-electron chi connectivity index (χ4n) is 0.840. The van der Waals surface area contributed by atoms with Crippen molar-refractivity contribution >= 4 is 28.7 Å². The van der Waals surface area contributed by atoms with Crippen molar-refractivity contribution in [3.63, 3.8) is 0 Å². The molecular formula is C9H8FIO. The maximum atomic E-state index is 13.0. The molecule has 0 amide bonds. The van der Waals surface area contributed by atoms with Crippen LogP contribution in [-0.2, 0) is 0 Å². The van der Waals surface area contributed by atoms with E-state index in [1.807, 2.05) is 6.07 Å². The first-order valence-corrected chi connectivity index (χ1v) is 4.55. The fraction of sp³-hybridized carbons (Fsp3) is 0.111. The molecule has 0 radical (unpaired) electrons. The van der Waals surface area contributed by atoms with Crippen molar-refractivity contribution in [1.82, 2.24) is 0 Å². The Hall–Kier alpha value is -0.420. The van der Waals surface area contributed by atoms with Crippen LogP contribution in [0.15, 0.2) is 24.3 Å². The lowest BCUT2D eigenvalue weighted by Gasteiger charge is -1.98. The summed E-state index contributed by atoms with van der Waals surface area (Å²) in [5.41, 5.74) is 0.534. The lowest BCUT2D eigenvalue weighted by molar-refractivity contribution is 0.343. The Morgan fingerprint density at radius 1 is 1.50 bits per heavy atom. The van der Waals surface area contributed by atoms with Crippen LogP contribution in [0, 0.1) is 9.39 Å². The summed E-state index contributed by atoms with van der Waals surface area (Å²) < 4.78 is 13.9. The van der Waals surface area contributed by atoms with E-state index >= 15 is 0 Å². The zero-order valence-electron chi connectivity index (χ0n) is 6.30. The molecule has 64 valence electrons. The first kappa shape index (κ1) is 9.67. The van der Waals surface area contributed by atoms with Crippen molar-refractivity contribution in [3.8, 4) is 0 Å². The van der Waals surface area contributed by atoms with Crippen LogP contribution >= 0.6 is 22.6 Å². The molecule has 0 aliphatic rings. The van der Waals surface area contributed by atoms with Crippen LogP contribution in [0.1, 0.15) is 5.56 Å². The molecule has 0 heterocycles. The highest BCUT2D eigenvalue weighted by Crippen LogP contribution is 2.16. The van der Waals surface area contributed by atoms with E-state index in [9.17, 15) is 4.39 Å². The lowest BCUT2D eigenvalue weighted by Crippen LogP contribution is -1.86. The van der Waals surface area contributed by atoms with Gasteiger partial charge >= 0.3 is 0 Å². The molecule has 0 fully saturated rings. The van der Waals surface area contributed by atoms with E-state index in [1.165, 1.54) is 12.1 Å². The number of hydrogen-bond donors (Lipinski definition) is 1. The Bertz CT molecular complexity index is 276. The molecule has 1 N–H and O–H groups in total. The van der Waals surface area contributed by atoms with E-state index in [2.05, 4.69) is 22.6 Å². The highest BCUT2D eigenvalue weighted by Gasteiger charge is 2.00. The van der Waals surface area contributed by atoms with Gasteiger partial charge in [0, 0.05) is 9.13 Å². The van der Waals surface area contributed by atoms with Crippen molar-refractivity contribution in [2.75, 3.05) is 6.61 Å². The Balaban J connectivity index is 3.04.